The van der Waals surface area contributed by atoms with Crippen molar-refractivity contribution in [1.82, 2.24) is 0 Å². The second kappa shape index (κ2) is 8.39. The molecule has 0 aromatic heterocycles. The first-order valence-corrected chi connectivity index (χ1v) is 9.05. The van der Waals surface area contributed by atoms with Gasteiger partial charge in [-0.1, -0.05) is 47.5 Å². The summed E-state index contributed by atoms with van der Waals surface area (Å²) in [6.45, 7) is 4.52. The average Bonchev–Trinajstić information content (AvgIpc) is 2.62. The molecule has 2 nitrogen and oxygen atoms in total. The number of rotatable bonds is 5. The zero-order valence-corrected chi connectivity index (χ0v) is 16.2. The van der Waals surface area contributed by atoms with Crippen molar-refractivity contribution in [2.45, 2.75) is 20.5 Å². The maximum absolute atomic E-state index is 6.16. The summed E-state index contributed by atoms with van der Waals surface area (Å²) in [5.41, 5.74) is 5.07. The van der Waals surface area contributed by atoms with Crippen LogP contribution < -0.4 is 4.74 Å². The Morgan fingerprint density at radius 2 is 1.73 bits per heavy atom. The molecule has 3 aromatic rings. The fourth-order valence-corrected chi connectivity index (χ4v) is 2.93. The molecule has 0 saturated carbocycles. The zero-order chi connectivity index (χ0) is 18.5. The van der Waals surface area contributed by atoms with Crippen LogP contribution in [0.25, 0.3) is 0 Å². The van der Waals surface area contributed by atoms with Crippen molar-refractivity contribution in [1.29, 1.82) is 0 Å². The maximum Gasteiger partial charge on any atom is 0.128 e. The Hall–Kier alpha value is -2.29. The lowest BCUT2D eigenvalue weighted by Gasteiger charge is -2.10. The molecule has 0 unspecified atom stereocenters. The second-order valence-corrected chi connectivity index (χ2v) is 7.02. The highest BCUT2D eigenvalue weighted by Gasteiger charge is 2.05. The Morgan fingerprint density at radius 3 is 2.54 bits per heavy atom. The Morgan fingerprint density at radius 1 is 0.923 bits per heavy atom. The summed E-state index contributed by atoms with van der Waals surface area (Å²) in [5, 5.41) is 1.33. The Bertz CT molecular complexity index is 951. The first-order chi connectivity index (χ1) is 12.5. The van der Waals surface area contributed by atoms with E-state index < -0.39 is 0 Å². The van der Waals surface area contributed by atoms with Crippen molar-refractivity contribution >= 4 is 35.1 Å². The average molecular weight is 384 g/mol. The topological polar surface area (TPSA) is 21.6 Å². The van der Waals surface area contributed by atoms with Gasteiger partial charge < -0.3 is 4.74 Å². The summed E-state index contributed by atoms with van der Waals surface area (Å²) in [7, 11) is 0. The van der Waals surface area contributed by atoms with Gasteiger partial charge in [-0.25, -0.2) is 0 Å². The number of hydrogen-bond donors (Lipinski definition) is 0. The van der Waals surface area contributed by atoms with Crippen LogP contribution in [0, 0.1) is 13.8 Å². The third-order valence-corrected chi connectivity index (χ3v) is 4.43. The number of nitrogens with zero attached hydrogens (tertiary/aromatic N) is 1. The van der Waals surface area contributed by atoms with Crippen LogP contribution in [0.3, 0.4) is 0 Å². The fraction of sp³-hybridized carbons (Fsp3) is 0.136. The van der Waals surface area contributed by atoms with Crippen molar-refractivity contribution in [2.75, 3.05) is 0 Å². The predicted octanol–water partition coefficient (Wildman–Crippen LogP) is 6.94. The number of benzene rings is 3. The predicted molar refractivity (Wildman–Crippen MR) is 110 cm³/mol. The molecule has 0 bridgehead atoms. The minimum absolute atomic E-state index is 0.423. The van der Waals surface area contributed by atoms with Crippen molar-refractivity contribution in [3.63, 3.8) is 0 Å². The number of aliphatic imine (C=N–C) groups is 1. The largest absolute Gasteiger partial charge is 0.488 e. The molecule has 26 heavy (non-hydrogen) atoms. The van der Waals surface area contributed by atoms with Crippen LogP contribution in [0.4, 0.5) is 5.69 Å². The summed E-state index contributed by atoms with van der Waals surface area (Å²) >= 11 is 12.2. The molecular weight excluding hydrogens is 365 g/mol. The van der Waals surface area contributed by atoms with E-state index >= 15 is 0 Å². The van der Waals surface area contributed by atoms with Crippen molar-refractivity contribution < 1.29 is 4.74 Å². The van der Waals surface area contributed by atoms with E-state index in [9.17, 15) is 0 Å². The van der Waals surface area contributed by atoms with Crippen molar-refractivity contribution in [3.05, 3.63) is 93.0 Å². The molecular formula is C22H19Cl2NO. The van der Waals surface area contributed by atoms with Crippen LogP contribution >= 0.6 is 23.2 Å². The molecule has 0 amide bonds. The third-order valence-electron chi connectivity index (χ3n) is 3.96. The lowest BCUT2D eigenvalue weighted by molar-refractivity contribution is 0.306. The molecule has 0 radical (unpaired) electrons. The van der Waals surface area contributed by atoms with E-state index in [2.05, 4.69) is 30.1 Å². The van der Waals surface area contributed by atoms with Gasteiger partial charge in [0.15, 0.2) is 0 Å². The number of ether oxygens (including phenoxy) is 1. The molecule has 0 fully saturated rings. The molecule has 0 saturated heterocycles. The van der Waals surface area contributed by atoms with Gasteiger partial charge in [0.2, 0.25) is 0 Å². The normalized spacial score (nSPS) is 11.1. The Balaban J connectivity index is 1.83. The highest BCUT2D eigenvalue weighted by molar-refractivity contribution is 6.31. The minimum atomic E-state index is 0.423. The van der Waals surface area contributed by atoms with E-state index in [1.165, 1.54) is 5.56 Å². The maximum atomic E-state index is 6.16. The molecule has 0 N–H and O–H groups in total. The van der Waals surface area contributed by atoms with Gasteiger partial charge in [0.05, 0.1) is 5.69 Å². The third kappa shape index (κ3) is 4.87. The standard InChI is InChI=1S/C22H19Cl2NO/c1-15-6-7-16(2)21(10-15)25-13-18-12-20(24)8-9-22(18)26-14-17-4-3-5-19(23)11-17/h3-13H,14H2,1-2H3. The van der Waals surface area contributed by atoms with E-state index in [4.69, 9.17) is 27.9 Å². The molecule has 0 atom stereocenters. The Kier molecular flexibility index (Phi) is 5.97. The highest BCUT2D eigenvalue weighted by Crippen LogP contribution is 2.25. The summed E-state index contributed by atoms with van der Waals surface area (Å²) in [5.74, 6) is 0.725. The van der Waals surface area contributed by atoms with Crippen molar-refractivity contribution in [2.24, 2.45) is 4.99 Å². The Labute approximate surface area is 164 Å². The first kappa shape index (κ1) is 18.5. The molecule has 0 spiro atoms. The highest BCUT2D eigenvalue weighted by atomic mass is 35.5. The number of hydrogen-bond acceptors (Lipinski definition) is 2. The molecule has 0 aliphatic carbocycles. The van der Waals surface area contributed by atoms with Gasteiger partial charge in [-0.3, -0.25) is 4.99 Å². The van der Waals surface area contributed by atoms with Gasteiger partial charge in [-0.2, -0.15) is 0 Å². The minimum Gasteiger partial charge on any atom is -0.488 e. The quantitative estimate of drug-likeness (QED) is 0.437. The van der Waals surface area contributed by atoms with Crippen LogP contribution in [0.5, 0.6) is 5.75 Å². The smallest absolute Gasteiger partial charge is 0.128 e. The second-order valence-electron chi connectivity index (χ2n) is 6.15. The SMILES string of the molecule is Cc1ccc(C)c(N=Cc2cc(Cl)ccc2OCc2cccc(Cl)c2)c1. The van der Waals surface area contributed by atoms with Crippen molar-refractivity contribution in [3.8, 4) is 5.75 Å². The van der Waals surface area contributed by atoms with Gasteiger partial charge >= 0.3 is 0 Å². The molecule has 3 rings (SSSR count). The molecule has 0 aliphatic heterocycles. The zero-order valence-electron chi connectivity index (χ0n) is 14.7. The summed E-state index contributed by atoms with van der Waals surface area (Å²) < 4.78 is 5.97. The van der Waals surface area contributed by atoms with Crippen LogP contribution in [0.15, 0.2) is 65.7 Å². The van der Waals surface area contributed by atoms with E-state index in [1.807, 2.05) is 49.4 Å². The van der Waals surface area contributed by atoms with Gasteiger partial charge in [-0.05, 0) is 66.9 Å². The number of halogens is 2. The summed E-state index contributed by atoms with van der Waals surface area (Å²) in [6, 6.07) is 19.3. The molecule has 0 heterocycles. The first-order valence-electron chi connectivity index (χ1n) is 8.29. The van der Waals surface area contributed by atoms with Crippen LogP contribution in [-0.4, -0.2) is 6.21 Å². The van der Waals surface area contributed by atoms with Crippen LogP contribution in [0.1, 0.15) is 22.3 Å². The molecule has 132 valence electrons. The number of aryl methyl sites for hydroxylation is 2. The monoisotopic (exact) mass is 383 g/mol. The summed E-state index contributed by atoms with van der Waals surface area (Å²) in [6.07, 6.45) is 1.79. The van der Waals surface area contributed by atoms with Gasteiger partial charge in [0, 0.05) is 21.8 Å². The molecule has 4 heteroatoms. The van der Waals surface area contributed by atoms with Crippen LogP contribution in [0.2, 0.25) is 10.0 Å². The van der Waals surface area contributed by atoms with Gasteiger partial charge in [0.1, 0.15) is 12.4 Å². The molecule has 0 aliphatic rings. The van der Waals surface area contributed by atoms with Crippen LogP contribution in [-0.2, 0) is 6.61 Å². The van der Waals surface area contributed by atoms with E-state index in [0.717, 1.165) is 28.1 Å². The van der Waals surface area contributed by atoms with E-state index in [1.54, 1.807) is 6.21 Å². The lowest BCUT2D eigenvalue weighted by atomic mass is 10.1. The van der Waals surface area contributed by atoms with Gasteiger partial charge in [0.25, 0.3) is 0 Å². The lowest BCUT2D eigenvalue weighted by Crippen LogP contribution is -1.98. The van der Waals surface area contributed by atoms with E-state index in [0.29, 0.717) is 16.7 Å². The summed E-state index contributed by atoms with van der Waals surface area (Å²) in [4.78, 5) is 4.62. The fourth-order valence-electron chi connectivity index (χ4n) is 2.54. The molecule has 3 aromatic carbocycles. The van der Waals surface area contributed by atoms with Gasteiger partial charge in [-0.15, -0.1) is 0 Å². The van der Waals surface area contributed by atoms with E-state index in [-0.39, 0.29) is 0 Å².